The molecule has 0 saturated heterocycles. The number of nitrogens with zero attached hydrogens (tertiary/aromatic N) is 1. The molecule has 2 nitrogen and oxygen atoms in total. The summed E-state index contributed by atoms with van der Waals surface area (Å²) in [6.45, 7) is 4.10. The fourth-order valence-corrected chi connectivity index (χ4v) is 3.68. The molecule has 0 unspecified atom stereocenters. The Kier molecular flexibility index (Phi) is 2.43. The van der Waals surface area contributed by atoms with Crippen LogP contribution in [0.1, 0.15) is 16.7 Å². The minimum Gasteiger partial charge on any atom is -0.309 e. The second-order valence-corrected chi connectivity index (χ2v) is 6.06. The molecule has 0 amide bonds. The lowest BCUT2D eigenvalue weighted by molar-refractivity contribution is 0.765. The van der Waals surface area contributed by atoms with E-state index in [1.54, 1.807) is 11.3 Å². The van der Waals surface area contributed by atoms with E-state index < -0.39 is 0 Å². The summed E-state index contributed by atoms with van der Waals surface area (Å²) in [7, 11) is 0. The summed E-state index contributed by atoms with van der Waals surface area (Å²) < 4.78 is 1.27. The lowest BCUT2D eigenvalue weighted by Gasteiger charge is -2.00. The topological polar surface area (TPSA) is 24.9 Å². The van der Waals surface area contributed by atoms with Gasteiger partial charge in [0.25, 0.3) is 0 Å². The fourth-order valence-electron chi connectivity index (χ4n) is 2.64. The number of hydrogen-bond donors (Lipinski definition) is 1. The third-order valence-electron chi connectivity index (χ3n) is 3.70. The normalized spacial score (nSPS) is 13.9. The molecule has 1 aliphatic heterocycles. The van der Waals surface area contributed by atoms with E-state index in [9.17, 15) is 0 Å². The number of rotatable bonds is 1. The van der Waals surface area contributed by atoms with Crippen molar-refractivity contribution in [2.24, 2.45) is 0 Å². The molecule has 0 aliphatic carbocycles. The molecule has 0 spiro atoms. The van der Waals surface area contributed by atoms with Crippen LogP contribution in [-0.2, 0) is 13.1 Å². The zero-order chi connectivity index (χ0) is 12.8. The predicted octanol–water partition coefficient (Wildman–Crippen LogP) is 3.87. The van der Waals surface area contributed by atoms with Crippen LogP contribution in [0.3, 0.4) is 0 Å². The van der Waals surface area contributed by atoms with Gasteiger partial charge in [0.1, 0.15) is 5.01 Å². The monoisotopic (exact) mass is 266 g/mol. The summed E-state index contributed by atoms with van der Waals surface area (Å²) in [6.07, 6.45) is 0. The first-order valence-corrected chi connectivity index (χ1v) is 7.32. The van der Waals surface area contributed by atoms with E-state index in [-0.39, 0.29) is 0 Å². The van der Waals surface area contributed by atoms with Gasteiger partial charge in [-0.1, -0.05) is 24.3 Å². The van der Waals surface area contributed by atoms with Crippen LogP contribution in [0, 0.1) is 6.92 Å². The summed E-state index contributed by atoms with van der Waals surface area (Å²) in [5, 5.41) is 4.51. The number of para-hydroxylation sites is 1. The highest BCUT2D eigenvalue weighted by Crippen LogP contribution is 2.33. The predicted molar refractivity (Wildman–Crippen MR) is 80.3 cm³/mol. The summed E-state index contributed by atoms with van der Waals surface area (Å²) in [6, 6.07) is 13.1. The molecule has 3 heteroatoms. The first-order valence-electron chi connectivity index (χ1n) is 6.50. The molecular weight excluding hydrogens is 252 g/mol. The van der Waals surface area contributed by atoms with Crippen molar-refractivity contribution in [3.05, 3.63) is 53.1 Å². The van der Waals surface area contributed by atoms with Crippen molar-refractivity contribution in [1.82, 2.24) is 10.3 Å². The van der Waals surface area contributed by atoms with Crippen LogP contribution in [0.5, 0.6) is 0 Å². The van der Waals surface area contributed by atoms with Crippen LogP contribution in [0.15, 0.2) is 36.4 Å². The highest BCUT2D eigenvalue weighted by atomic mass is 32.1. The molecule has 3 aromatic rings. The number of aromatic nitrogens is 1. The fraction of sp³-hybridized carbons (Fsp3) is 0.188. The highest BCUT2D eigenvalue weighted by Gasteiger charge is 2.13. The molecule has 0 radical (unpaired) electrons. The summed E-state index contributed by atoms with van der Waals surface area (Å²) >= 11 is 1.78. The first-order chi connectivity index (χ1) is 9.31. The van der Waals surface area contributed by atoms with E-state index in [0.717, 1.165) is 23.6 Å². The minimum atomic E-state index is 0.979. The third-order valence-corrected chi connectivity index (χ3v) is 4.77. The highest BCUT2D eigenvalue weighted by molar-refractivity contribution is 7.21. The van der Waals surface area contributed by atoms with Crippen molar-refractivity contribution >= 4 is 21.6 Å². The molecule has 0 fully saturated rings. The maximum Gasteiger partial charge on any atom is 0.124 e. The van der Waals surface area contributed by atoms with Crippen LogP contribution in [-0.4, -0.2) is 4.98 Å². The van der Waals surface area contributed by atoms with Crippen molar-refractivity contribution in [3.8, 4) is 10.6 Å². The maximum atomic E-state index is 4.81. The average Bonchev–Trinajstić information content (AvgIpc) is 3.04. The van der Waals surface area contributed by atoms with Crippen LogP contribution in [0.4, 0.5) is 0 Å². The number of aryl methyl sites for hydroxylation is 1. The van der Waals surface area contributed by atoms with Crippen molar-refractivity contribution < 1.29 is 0 Å². The average molecular weight is 266 g/mol. The third kappa shape index (κ3) is 1.78. The van der Waals surface area contributed by atoms with E-state index in [4.69, 9.17) is 4.98 Å². The van der Waals surface area contributed by atoms with E-state index in [0.29, 0.717) is 0 Å². The Labute approximate surface area is 116 Å². The van der Waals surface area contributed by atoms with E-state index in [2.05, 4.69) is 48.6 Å². The molecule has 0 atom stereocenters. The molecule has 19 heavy (non-hydrogen) atoms. The van der Waals surface area contributed by atoms with Gasteiger partial charge in [0.05, 0.1) is 10.2 Å². The summed E-state index contributed by atoms with van der Waals surface area (Å²) in [4.78, 5) is 4.81. The molecule has 94 valence electrons. The van der Waals surface area contributed by atoms with Gasteiger partial charge in [-0.15, -0.1) is 11.3 Å². The van der Waals surface area contributed by atoms with Gasteiger partial charge >= 0.3 is 0 Å². The standard InChI is InChI=1S/C16H14N2S/c1-10-3-2-4-14-15(10)18-16(19-14)11-5-6-12-8-17-9-13(12)7-11/h2-7,17H,8-9H2,1H3. The van der Waals surface area contributed by atoms with E-state index in [1.165, 1.54) is 27.0 Å². The lowest BCUT2D eigenvalue weighted by atomic mass is 10.1. The van der Waals surface area contributed by atoms with Crippen molar-refractivity contribution in [2.75, 3.05) is 0 Å². The summed E-state index contributed by atoms with van der Waals surface area (Å²) in [5.41, 5.74) is 6.46. The largest absolute Gasteiger partial charge is 0.309 e. The number of nitrogens with one attached hydrogen (secondary N) is 1. The lowest BCUT2D eigenvalue weighted by Crippen LogP contribution is -1.99. The number of benzene rings is 2. The van der Waals surface area contributed by atoms with Gasteiger partial charge in [-0.05, 0) is 35.7 Å². The zero-order valence-electron chi connectivity index (χ0n) is 10.7. The smallest absolute Gasteiger partial charge is 0.124 e. The Bertz CT molecular complexity index is 774. The molecule has 0 saturated carbocycles. The molecular formula is C16H14N2S. The molecule has 1 aromatic heterocycles. The van der Waals surface area contributed by atoms with E-state index >= 15 is 0 Å². The van der Waals surface area contributed by atoms with Crippen LogP contribution in [0.25, 0.3) is 20.8 Å². The number of fused-ring (bicyclic) bond motifs is 2. The Morgan fingerprint density at radius 2 is 2.00 bits per heavy atom. The zero-order valence-corrected chi connectivity index (χ0v) is 11.6. The van der Waals surface area contributed by atoms with Gasteiger partial charge in [0, 0.05) is 18.7 Å². The number of hydrogen-bond acceptors (Lipinski definition) is 3. The van der Waals surface area contributed by atoms with Crippen molar-refractivity contribution in [1.29, 1.82) is 0 Å². The van der Waals surface area contributed by atoms with Gasteiger partial charge in [0.15, 0.2) is 0 Å². The Morgan fingerprint density at radius 3 is 2.89 bits per heavy atom. The van der Waals surface area contributed by atoms with Gasteiger partial charge in [-0.3, -0.25) is 0 Å². The van der Waals surface area contributed by atoms with Crippen molar-refractivity contribution in [2.45, 2.75) is 20.0 Å². The molecule has 2 heterocycles. The molecule has 1 aliphatic rings. The SMILES string of the molecule is Cc1cccc2sc(-c3ccc4c(c3)CNC4)nc12. The second-order valence-electron chi connectivity index (χ2n) is 5.03. The van der Waals surface area contributed by atoms with Crippen LogP contribution in [0.2, 0.25) is 0 Å². The van der Waals surface area contributed by atoms with Gasteiger partial charge in [0.2, 0.25) is 0 Å². The Morgan fingerprint density at radius 1 is 1.11 bits per heavy atom. The molecule has 1 N–H and O–H groups in total. The molecule has 2 aromatic carbocycles. The first kappa shape index (κ1) is 11.1. The summed E-state index contributed by atoms with van der Waals surface area (Å²) in [5.74, 6) is 0. The number of thiazole rings is 1. The Hall–Kier alpha value is -1.71. The molecule has 0 bridgehead atoms. The van der Waals surface area contributed by atoms with Crippen LogP contribution < -0.4 is 5.32 Å². The second kappa shape index (κ2) is 4.15. The molecule has 4 rings (SSSR count). The van der Waals surface area contributed by atoms with E-state index in [1.807, 2.05) is 0 Å². The van der Waals surface area contributed by atoms with Crippen LogP contribution >= 0.6 is 11.3 Å². The van der Waals surface area contributed by atoms with Gasteiger partial charge in [-0.2, -0.15) is 0 Å². The maximum absolute atomic E-state index is 4.81. The van der Waals surface area contributed by atoms with Gasteiger partial charge in [-0.25, -0.2) is 4.98 Å². The quantitative estimate of drug-likeness (QED) is 0.723. The van der Waals surface area contributed by atoms with Crippen molar-refractivity contribution in [3.63, 3.8) is 0 Å². The Balaban J connectivity index is 1.88. The van der Waals surface area contributed by atoms with Gasteiger partial charge < -0.3 is 5.32 Å². The minimum absolute atomic E-state index is 0.979.